The molecule has 0 spiro atoms. The van der Waals surface area contributed by atoms with E-state index in [1.807, 2.05) is 38.1 Å². The number of anilines is 3. The quantitative estimate of drug-likeness (QED) is 0.615. The smallest absolute Gasteiger partial charge is 0.251 e. The summed E-state index contributed by atoms with van der Waals surface area (Å²) in [7, 11) is 0. The maximum atomic E-state index is 12.0. The van der Waals surface area contributed by atoms with Gasteiger partial charge >= 0.3 is 0 Å². The van der Waals surface area contributed by atoms with Crippen molar-refractivity contribution in [2.45, 2.75) is 13.8 Å². The summed E-state index contributed by atoms with van der Waals surface area (Å²) in [6.07, 6.45) is 0. The van der Waals surface area contributed by atoms with Gasteiger partial charge in [-0.05, 0) is 56.3 Å². The van der Waals surface area contributed by atoms with Crippen LogP contribution in [0.2, 0.25) is 0 Å². The fourth-order valence-corrected chi connectivity index (χ4v) is 2.61. The van der Waals surface area contributed by atoms with E-state index in [-0.39, 0.29) is 18.4 Å². The van der Waals surface area contributed by atoms with Gasteiger partial charge in [0.25, 0.3) is 5.91 Å². The summed E-state index contributed by atoms with van der Waals surface area (Å²) in [5.74, 6) is -0.0655. The molecule has 0 aliphatic heterocycles. The lowest BCUT2D eigenvalue weighted by molar-refractivity contribution is -0.115. The molecule has 0 radical (unpaired) electrons. The summed E-state index contributed by atoms with van der Waals surface area (Å²) < 4.78 is 0. The zero-order valence-corrected chi connectivity index (χ0v) is 15.7. The van der Waals surface area contributed by atoms with Crippen molar-refractivity contribution >= 4 is 29.1 Å². The highest BCUT2D eigenvalue weighted by atomic mass is 16.2. The van der Waals surface area contributed by atoms with Gasteiger partial charge in [0, 0.05) is 28.3 Å². The van der Waals surface area contributed by atoms with Crippen LogP contribution < -0.4 is 16.0 Å². The van der Waals surface area contributed by atoms with Crippen LogP contribution in [0.15, 0.2) is 60.7 Å². The lowest BCUT2D eigenvalue weighted by atomic mass is 10.2. The molecule has 0 unspecified atom stereocenters. The summed E-state index contributed by atoms with van der Waals surface area (Å²) >= 11 is 0. The number of nitrogens with one attached hydrogen (secondary N) is 3. The summed E-state index contributed by atoms with van der Waals surface area (Å²) in [6.45, 7) is 3.72. The van der Waals surface area contributed by atoms with Crippen LogP contribution >= 0.6 is 0 Å². The molecule has 7 heteroatoms. The molecular weight excluding hydrogens is 354 g/mol. The minimum absolute atomic E-state index is 0.107. The number of hydrogen-bond donors (Lipinski definition) is 3. The van der Waals surface area contributed by atoms with Crippen LogP contribution in [0.5, 0.6) is 0 Å². The van der Waals surface area contributed by atoms with E-state index in [0.29, 0.717) is 17.2 Å². The van der Waals surface area contributed by atoms with Gasteiger partial charge in [-0.2, -0.15) is 0 Å². The van der Waals surface area contributed by atoms with Crippen molar-refractivity contribution in [3.63, 3.8) is 0 Å². The molecule has 7 nitrogen and oxygen atoms in total. The van der Waals surface area contributed by atoms with E-state index < -0.39 is 0 Å². The van der Waals surface area contributed by atoms with E-state index in [2.05, 4.69) is 25.9 Å². The third-order valence-electron chi connectivity index (χ3n) is 3.85. The lowest BCUT2D eigenvalue weighted by Crippen LogP contribution is -2.32. The minimum Gasteiger partial charge on any atom is -0.343 e. The van der Waals surface area contributed by atoms with Crippen molar-refractivity contribution < 1.29 is 9.59 Å². The van der Waals surface area contributed by atoms with Crippen molar-refractivity contribution in [3.05, 3.63) is 77.6 Å². The first-order valence-corrected chi connectivity index (χ1v) is 8.82. The normalized spacial score (nSPS) is 10.2. The summed E-state index contributed by atoms with van der Waals surface area (Å²) in [4.78, 5) is 32.7. The number of amides is 2. The number of aryl methyl sites for hydroxylation is 2. The molecule has 0 aliphatic carbocycles. The first-order chi connectivity index (χ1) is 13.5. The molecule has 3 aromatic rings. The number of carbonyl (C=O) groups excluding carboxylic acids is 2. The van der Waals surface area contributed by atoms with Gasteiger partial charge in [0.15, 0.2) is 0 Å². The van der Waals surface area contributed by atoms with E-state index >= 15 is 0 Å². The Bertz CT molecular complexity index is 952. The molecule has 3 rings (SSSR count). The predicted molar refractivity (Wildman–Crippen MR) is 109 cm³/mol. The SMILES string of the molecule is Cc1cc(C)nc(Nc2ccc(NC(=O)CNC(=O)c3ccccc3)cc2)n1. The van der Waals surface area contributed by atoms with Gasteiger partial charge in [-0.3, -0.25) is 9.59 Å². The number of nitrogens with zero attached hydrogens (tertiary/aromatic N) is 2. The van der Waals surface area contributed by atoms with E-state index in [1.54, 1.807) is 36.4 Å². The topological polar surface area (TPSA) is 96.0 Å². The molecule has 142 valence electrons. The Labute approximate surface area is 163 Å². The van der Waals surface area contributed by atoms with Crippen molar-refractivity contribution in [1.29, 1.82) is 0 Å². The molecule has 0 aliphatic rings. The summed E-state index contributed by atoms with van der Waals surface area (Å²) in [6, 6.07) is 17.8. The molecule has 0 saturated carbocycles. The fraction of sp³-hybridized carbons (Fsp3) is 0.143. The van der Waals surface area contributed by atoms with E-state index in [9.17, 15) is 9.59 Å². The Morgan fingerprint density at radius 1 is 0.857 bits per heavy atom. The van der Waals surface area contributed by atoms with Crippen molar-refractivity contribution in [1.82, 2.24) is 15.3 Å². The molecule has 2 amide bonds. The van der Waals surface area contributed by atoms with Gasteiger partial charge < -0.3 is 16.0 Å². The zero-order valence-electron chi connectivity index (χ0n) is 15.7. The number of rotatable bonds is 6. The number of carbonyl (C=O) groups is 2. The summed E-state index contributed by atoms with van der Waals surface area (Å²) in [5.41, 5.74) is 3.72. The molecule has 3 N–H and O–H groups in total. The van der Waals surface area contributed by atoms with Crippen LogP contribution in [0.3, 0.4) is 0 Å². The van der Waals surface area contributed by atoms with Gasteiger partial charge in [0.05, 0.1) is 6.54 Å². The van der Waals surface area contributed by atoms with Gasteiger partial charge in [-0.1, -0.05) is 18.2 Å². The monoisotopic (exact) mass is 375 g/mol. The molecule has 0 fully saturated rings. The highest BCUT2D eigenvalue weighted by Crippen LogP contribution is 2.17. The van der Waals surface area contributed by atoms with E-state index in [1.165, 1.54) is 0 Å². The Morgan fingerprint density at radius 3 is 2.11 bits per heavy atom. The molecule has 28 heavy (non-hydrogen) atoms. The van der Waals surface area contributed by atoms with Crippen LogP contribution in [0.4, 0.5) is 17.3 Å². The molecular formula is C21H21N5O2. The Kier molecular flexibility index (Phi) is 5.96. The van der Waals surface area contributed by atoms with E-state index in [4.69, 9.17) is 0 Å². The highest BCUT2D eigenvalue weighted by molar-refractivity contribution is 5.99. The molecule has 1 aromatic heterocycles. The number of hydrogen-bond acceptors (Lipinski definition) is 5. The standard InChI is InChI=1S/C21H21N5O2/c1-14-12-15(2)24-21(23-14)26-18-10-8-17(9-11-18)25-19(27)13-22-20(28)16-6-4-3-5-7-16/h3-12H,13H2,1-2H3,(H,22,28)(H,25,27)(H,23,24,26). The van der Waals surface area contributed by atoms with Crippen molar-refractivity contribution in [2.75, 3.05) is 17.2 Å². The average Bonchev–Trinajstić information content (AvgIpc) is 2.67. The third-order valence-corrected chi connectivity index (χ3v) is 3.85. The molecule has 0 saturated heterocycles. The first kappa shape index (κ1) is 19.0. The largest absolute Gasteiger partial charge is 0.343 e. The zero-order chi connectivity index (χ0) is 19.9. The summed E-state index contributed by atoms with van der Waals surface area (Å²) in [5, 5.41) is 8.47. The van der Waals surface area contributed by atoms with Crippen LogP contribution in [-0.2, 0) is 4.79 Å². The average molecular weight is 375 g/mol. The van der Waals surface area contributed by atoms with Crippen LogP contribution in [0.1, 0.15) is 21.7 Å². The highest BCUT2D eigenvalue weighted by Gasteiger charge is 2.08. The van der Waals surface area contributed by atoms with Gasteiger partial charge in [0.2, 0.25) is 11.9 Å². The first-order valence-electron chi connectivity index (χ1n) is 8.82. The number of aromatic nitrogens is 2. The van der Waals surface area contributed by atoms with Crippen molar-refractivity contribution in [2.24, 2.45) is 0 Å². The van der Waals surface area contributed by atoms with E-state index in [0.717, 1.165) is 17.1 Å². The fourth-order valence-electron chi connectivity index (χ4n) is 2.61. The van der Waals surface area contributed by atoms with Crippen LogP contribution in [0.25, 0.3) is 0 Å². The molecule has 0 bridgehead atoms. The Balaban J connectivity index is 1.52. The molecule has 0 atom stereocenters. The molecule has 1 heterocycles. The second kappa shape index (κ2) is 8.77. The van der Waals surface area contributed by atoms with Crippen LogP contribution in [-0.4, -0.2) is 28.3 Å². The third kappa shape index (κ3) is 5.38. The second-order valence-corrected chi connectivity index (χ2v) is 6.27. The van der Waals surface area contributed by atoms with Crippen molar-refractivity contribution in [3.8, 4) is 0 Å². The maximum absolute atomic E-state index is 12.0. The molecule has 2 aromatic carbocycles. The lowest BCUT2D eigenvalue weighted by Gasteiger charge is -2.09. The maximum Gasteiger partial charge on any atom is 0.251 e. The van der Waals surface area contributed by atoms with Gasteiger partial charge in [-0.15, -0.1) is 0 Å². The Morgan fingerprint density at radius 2 is 1.46 bits per heavy atom. The predicted octanol–water partition coefficient (Wildman–Crippen LogP) is 3.21. The minimum atomic E-state index is -0.303. The second-order valence-electron chi connectivity index (χ2n) is 6.27. The van der Waals surface area contributed by atoms with Crippen LogP contribution in [0, 0.1) is 13.8 Å². The van der Waals surface area contributed by atoms with Gasteiger partial charge in [-0.25, -0.2) is 9.97 Å². The number of benzene rings is 2. The van der Waals surface area contributed by atoms with Gasteiger partial charge in [0.1, 0.15) is 0 Å². The Hall–Kier alpha value is -3.74.